The molecule has 0 aromatic carbocycles. The van der Waals surface area contributed by atoms with Crippen molar-refractivity contribution in [3.63, 3.8) is 0 Å². The van der Waals surface area contributed by atoms with Gasteiger partial charge in [0.05, 0.1) is 0 Å². The highest BCUT2D eigenvalue weighted by Gasteiger charge is 2.35. The second-order valence-corrected chi connectivity index (χ2v) is 1.51. The molecule has 1 rings (SSSR count). The maximum Gasteiger partial charge on any atom is 0.526 e. The molecule has 0 aliphatic carbocycles. The van der Waals surface area contributed by atoms with Crippen molar-refractivity contribution in [1.29, 1.82) is 0 Å². The highest BCUT2D eigenvalue weighted by molar-refractivity contribution is 6.70. The first kappa shape index (κ1) is 7.07. The molecule has 1 heterocycles. The molecule has 6 nitrogen and oxygen atoms in total. The lowest BCUT2D eigenvalue weighted by atomic mass is 9.91. The van der Waals surface area contributed by atoms with E-state index in [4.69, 9.17) is 16.9 Å². The largest absolute Gasteiger partial charge is 0.526 e. The normalized spacial score (nSPS) is 21.0. The van der Waals surface area contributed by atoms with Crippen molar-refractivity contribution >= 4 is 21.8 Å². The van der Waals surface area contributed by atoms with Crippen LogP contribution < -0.4 is 16.9 Å². The quantitative estimate of drug-likeness (QED) is 0.298. The Morgan fingerprint density at radius 3 is 1.11 bits per heavy atom. The molecule has 0 saturated carbocycles. The summed E-state index contributed by atoms with van der Waals surface area (Å²) in [5.41, 5.74) is 15.4. The Morgan fingerprint density at radius 2 is 0.889 bits per heavy atom. The molecule has 9 heavy (non-hydrogen) atoms. The van der Waals surface area contributed by atoms with E-state index >= 15 is 0 Å². The van der Waals surface area contributed by atoms with Crippen molar-refractivity contribution in [2.24, 2.45) is 16.9 Å². The van der Waals surface area contributed by atoms with Gasteiger partial charge < -0.3 is 30.6 Å². The van der Waals surface area contributed by atoms with Crippen LogP contribution in [0.15, 0.2) is 0 Å². The molecule has 1 aliphatic heterocycles. The Hall–Kier alpha value is -0.0452. The predicted molar refractivity (Wildman–Crippen MR) is 33.1 cm³/mol. The lowest BCUT2D eigenvalue weighted by molar-refractivity contribution is 0.282. The lowest BCUT2D eigenvalue weighted by Gasteiger charge is -2.22. The van der Waals surface area contributed by atoms with Gasteiger partial charge in [-0.1, -0.05) is 0 Å². The standard InChI is InChI=1S/B3H6N3O3/c4-1-7-2(5)9-3(6)8-1/h4-6H2. The molecule has 1 aliphatic rings. The van der Waals surface area contributed by atoms with Gasteiger partial charge >= 0.3 is 21.8 Å². The van der Waals surface area contributed by atoms with Crippen molar-refractivity contribution in [1.82, 2.24) is 0 Å². The zero-order valence-electron chi connectivity index (χ0n) is 4.69. The molecular formula is H6B3N3O3. The third-order valence-electron chi connectivity index (χ3n) is 0.805. The lowest BCUT2D eigenvalue weighted by Crippen LogP contribution is -2.60. The number of nitrogens with two attached hydrogens (primary N) is 3. The Balaban J connectivity index is 2.34. The van der Waals surface area contributed by atoms with E-state index < -0.39 is 21.8 Å². The summed E-state index contributed by atoms with van der Waals surface area (Å²) in [6, 6.07) is 0. The van der Waals surface area contributed by atoms with E-state index in [2.05, 4.69) is 13.7 Å². The molecule has 0 atom stereocenters. The third kappa shape index (κ3) is 1.97. The van der Waals surface area contributed by atoms with Crippen LogP contribution in [0.2, 0.25) is 0 Å². The van der Waals surface area contributed by atoms with Crippen LogP contribution in [0.4, 0.5) is 0 Å². The molecule has 1 saturated heterocycles. The van der Waals surface area contributed by atoms with Crippen LogP contribution in [0.25, 0.3) is 0 Å². The summed E-state index contributed by atoms with van der Waals surface area (Å²) in [6.45, 7) is 0. The van der Waals surface area contributed by atoms with Crippen LogP contribution in [0.3, 0.4) is 0 Å². The van der Waals surface area contributed by atoms with Gasteiger partial charge in [0.15, 0.2) is 0 Å². The maximum atomic E-state index is 5.13. The Bertz CT molecular complexity index is 75.3. The van der Waals surface area contributed by atoms with E-state index in [1.807, 2.05) is 0 Å². The number of rotatable bonds is 0. The summed E-state index contributed by atoms with van der Waals surface area (Å²) >= 11 is 0. The zero-order chi connectivity index (χ0) is 6.85. The highest BCUT2D eigenvalue weighted by Crippen LogP contribution is 1.95. The molecule has 0 unspecified atom stereocenters. The van der Waals surface area contributed by atoms with Gasteiger partial charge in [0.1, 0.15) is 0 Å². The first-order chi connectivity index (χ1) is 4.18. The van der Waals surface area contributed by atoms with Crippen LogP contribution >= 0.6 is 0 Å². The van der Waals surface area contributed by atoms with Crippen molar-refractivity contribution in [3.05, 3.63) is 0 Å². The minimum Gasteiger partial charge on any atom is -0.424 e. The van der Waals surface area contributed by atoms with Gasteiger partial charge in [-0.15, -0.1) is 0 Å². The minimum atomic E-state index is -0.885. The molecule has 0 radical (unpaired) electrons. The summed E-state index contributed by atoms with van der Waals surface area (Å²) < 4.78 is 13.8. The van der Waals surface area contributed by atoms with Gasteiger partial charge in [-0.3, -0.25) is 0 Å². The van der Waals surface area contributed by atoms with Crippen LogP contribution in [0, 0.1) is 0 Å². The van der Waals surface area contributed by atoms with Crippen LogP contribution in [0.5, 0.6) is 0 Å². The van der Waals surface area contributed by atoms with Gasteiger partial charge in [0.2, 0.25) is 0 Å². The number of hydrogen-bond donors (Lipinski definition) is 3. The van der Waals surface area contributed by atoms with E-state index in [0.29, 0.717) is 0 Å². The van der Waals surface area contributed by atoms with Crippen LogP contribution in [0.1, 0.15) is 0 Å². The Labute approximate surface area is 53.5 Å². The third-order valence-corrected chi connectivity index (χ3v) is 0.805. The van der Waals surface area contributed by atoms with E-state index in [0.717, 1.165) is 0 Å². The Kier molecular flexibility index (Phi) is 2.11. The van der Waals surface area contributed by atoms with Crippen LogP contribution in [-0.2, 0) is 13.7 Å². The van der Waals surface area contributed by atoms with Gasteiger partial charge in [-0.25, -0.2) is 0 Å². The summed E-state index contributed by atoms with van der Waals surface area (Å²) in [6.07, 6.45) is 0. The first-order valence-corrected chi connectivity index (χ1v) is 2.41. The molecule has 48 valence electrons. The summed E-state index contributed by atoms with van der Waals surface area (Å²) in [5.74, 6) is 0. The summed E-state index contributed by atoms with van der Waals surface area (Å²) in [5, 5.41) is 0. The number of hydrogen-bond acceptors (Lipinski definition) is 6. The van der Waals surface area contributed by atoms with Crippen molar-refractivity contribution in [3.8, 4) is 0 Å². The molecule has 0 aromatic heterocycles. The highest BCUT2D eigenvalue weighted by atomic mass is 16.7. The smallest absolute Gasteiger partial charge is 0.424 e. The van der Waals surface area contributed by atoms with E-state index in [9.17, 15) is 0 Å². The average molecular weight is 129 g/mol. The van der Waals surface area contributed by atoms with E-state index in [1.54, 1.807) is 0 Å². The zero-order valence-corrected chi connectivity index (χ0v) is 4.69. The average Bonchev–Trinajstić information content (AvgIpc) is 1.59. The van der Waals surface area contributed by atoms with Gasteiger partial charge in [-0.05, 0) is 0 Å². The molecule has 6 N–H and O–H groups in total. The fourth-order valence-electron chi connectivity index (χ4n) is 0.493. The van der Waals surface area contributed by atoms with Gasteiger partial charge in [0, 0.05) is 0 Å². The second-order valence-electron chi connectivity index (χ2n) is 1.51. The maximum absolute atomic E-state index is 5.13. The molecule has 0 bridgehead atoms. The predicted octanol–water partition coefficient (Wildman–Crippen LogP) is -3.12. The van der Waals surface area contributed by atoms with Gasteiger partial charge in [-0.2, -0.15) is 0 Å². The topological polar surface area (TPSA) is 106 Å². The molecule has 0 amide bonds. The molecule has 0 spiro atoms. The SMILES string of the molecule is NB1OB(N)OB(N)O1. The van der Waals surface area contributed by atoms with Crippen molar-refractivity contribution in [2.45, 2.75) is 0 Å². The van der Waals surface area contributed by atoms with Gasteiger partial charge in [0.25, 0.3) is 0 Å². The molecule has 1 fully saturated rings. The van der Waals surface area contributed by atoms with Crippen molar-refractivity contribution in [2.75, 3.05) is 0 Å². The fourth-order valence-corrected chi connectivity index (χ4v) is 0.493. The van der Waals surface area contributed by atoms with Crippen molar-refractivity contribution < 1.29 is 13.7 Å². The van der Waals surface area contributed by atoms with E-state index in [1.165, 1.54) is 0 Å². The second kappa shape index (κ2) is 2.69. The molecule has 0 aromatic rings. The van der Waals surface area contributed by atoms with Crippen LogP contribution in [-0.4, -0.2) is 21.8 Å². The summed E-state index contributed by atoms with van der Waals surface area (Å²) in [7, 11) is -2.66. The molecule has 9 heteroatoms. The fraction of sp³-hybridized carbons (Fsp3) is 0. The van der Waals surface area contributed by atoms with E-state index in [-0.39, 0.29) is 0 Å². The molecular weight excluding hydrogens is 122 g/mol. The summed E-state index contributed by atoms with van der Waals surface area (Å²) in [4.78, 5) is 0. The Morgan fingerprint density at radius 1 is 0.667 bits per heavy atom. The first-order valence-electron chi connectivity index (χ1n) is 2.41. The monoisotopic (exact) mass is 129 g/mol. The minimum absolute atomic E-state index is 0.885.